The van der Waals surface area contributed by atoms with Crippen LogP contribution in [0.2, 0.25) is 0 Å². The van der Waals surface area contributed by atoms with E-state index in [1.807, 2.05) is 49.5 Å². The zero-order valence-corrected chi connectivity index (χ0v) is 15.9. The Kier molecular flexibility index (Phi) is 5.27. The Morgan fingerprint density at radius 3 is 2.20 bits per heavy atom. The second-order valence-corrected chi connectivity index (χ2v) is 8.92. The average Bonchev–Trinajstić information content (AvgIpc) is 2.62. The molecule has 2 aromatic carbocycles. The van der Waals surface area contributed by atoms with E-state index in [2.05, 4.69) is 18.7 Å². The summed E-state index contributed by atoms with van der Waals surface area (Å²) in [6.07, 6.45) is 0. The van der Waals surface area contributed by atoms with E-state index in [9.17, 15) is 8.42 Å². The largest absolute Gasteiger partial charge is 0.303 e. The van der Waals surface area contributed by atoms with Crippen molar-refractivity contribution in [1.29, 1.82) is 0 Å². The summed E-state index contributed by atoms with van der Waals surface area (Å²) in [5.41, 5.74) is 2.19. The van der Waals surface area contributed by atoms with Crippen LogP contribution in [0.15, 0.2) is 59.5 Å². The molecule has 3 rings (SSSR count). The zero-order chi connectivity index (χ0) is 18.0. The quantitative estimate of drug-likeness (QED) is 0.840. The van der Waals surface area contributed by atoms with Gasteiger partial charge in [0.25, 0.3) is 0 Å². The van der Waals surface area contributed by atoms with Gasteiger partial charge in [-0.3, -0.25) is 0 Å². The summed E-state index contributed by atoms with van der Waals surface area (Å²) in [5.74, 6) is 0.387. The molecule has 1 aliphatic heterocycles. The number of hydrogen-bond donors (Lipinski definition) is 0. The lowest BCUT2D eigenvalue weighted by molar-refractivity contribution is 0.160. The maximum Gasteiger partial charge on any atom is 0.243 e. The third-order valence-corrected chi connectivity index (χ3v) is 6.79. The third-order valence-electron chi connectivity index (χ3n) is 4.87. The Morgan fingerprint density at radius 1 is 0.960 bits per heavy atom. The normalized spacial score (nSPS) is 20.1. The summed E-state index contributed by atoms with van der Waals surface area (Å²) in [4.78, 5) is 2.56. The van der Waals surface area contributed by atoms with E-state index in [0.29, 0.717) is 23.9 Å². The molecule has 1 heterocycles. The van der Waals surface area contributed by atoms with E-state index in [0.717, 1.165) is 17.7 Å². The van der Waals surface area contributed by atoms with Gasteiger partial charge in [0.05, 0.1) is 10.9 Å². The monoisotopic (exact) mass is 358 g/mol. The SMILES string of the molecule is CC(C)c1ccc(S(=O)(=O)N2CCN(C)CC2c2ccccc2)cc1. The molecule has 0 aliphatic carbocycles. The first kappa shape index (κ1) is 18.1. The Morgan fingerprint density at radius 2 is 1.60 bits per heavy atom. The molecule has 1 saturated heterocycles. The van der Waals surface area contributed by atoms with Gasteiger partial charge in [0.2, 0.25) is 10.0 Å². The van der Waals surface area contributed by atoms with Crippen molar-refractivity contribution in [3.8, 4) is 0 Å². The van der Waals surface area contributed by atoms with E-state index in [1.165, 1.54) is 0 Å². The van der Waals surface area contributed by atoms with Gasteiger partial charge in [0.15, 0.2) is 0 Å². The van der Waals surface area contributed by atoms with Gasteiger partial charge in [0.1, 0.15) is 0 Å². The van der Waals surface area contributed by atoms with Gasteiger partial charge in [0, 0.05) is 19.6 Å². The van der Waals surface area contributed by atoms with Gasteiger partial charge in [-0.1, -0.05) is 56.3 Å². The van der Waals surface area contributed by atoms with Gasteiger partial charge in [-0.2, -0.15) is 4.31 Å². The standard InChI is InChI=1S/C20H26N2O2S/c1-16(2)17-9-11-19(12-10-17)25(23,24)22-14-13-21(3)15-20(22)18-7-5-4-6-8-18/h4-12,16,20H,13-15H2,1-3H3. The summed E-state index contributed by atoms with van der Waals surface area (Å²) in [6.45, 7) is 6.16. The van der Waals surface area contributed by atoms with E-state index in [-0.39, 0.29) is 6.04 Å². The first-order valence-electron chi connectivity index (χ1n) is 8.75. The lowest BCUT2D eigenvalue weighted by atomic mass is 10.0. The molecule has 1 atom stereocenters. The van der Waals surface area contributed by atoms with Crippen LogP contribution in [0.25, 0.3) is 0 Å². The summed E-state index contributed by atoms with van der Waals surface area (Å²) in [5, 5.41) is 0. The maximum atomic E-state index is 13.3. The van der Waals surface area contributed by atoms with Crippen LogP contribution in [-0.2, 0) is 10.0 Å². The predicted molar refractivity (Wildman–Crippen MR) is 101 cm³/mol. The molecule has 0 radical (unpaired) electrons. The predicted octanol–water partition coefficient (Wildman–Crippen LogP) is 3.49. The Hall–Kier alpha value is -1.69. The minimum Gasteiger partial charge on any atom is -0.303 e. The topological polar surface area (TPSA) is 40.6 Å². The summed E-state index contributed by atoms with van der Waals surface area (Å²) in [6, 6.07) is 17.1. The molecule has 0 bridgehead atoms. The number of piperazine rings is 1. The van der Waals surface area contributed by atoms with Gasteiger partial charge in [-0.05, 0) is 36.2 Å². The zero-order valence-electron chi connectivity index (χ0n) is 15.1. The molecular formula is C20H26N2O2S. The van der Waals surface area contributed by atoms with Crippen LogP contribution in [0.4, 0.5) is 0 Å². The number of nitrogens with zero attached hydrogens (tertiary/aromatic N) is 2. The van der Waals surface area contributed by atoms with Crippen molar-refractivity contribution in [2.75, 3.05) is 26.7 Å². The molecule has 1 unspecified atom stereocenters. The number of hydrogen-bond acceptors (Lipinski definition) is 3. The van der Waals surface area contributed by atoms with Crippen LogP contribution in [-0.4, -0.2) is 44.3 Å². The molecular weight excluding hydrogens is 332 g/mol. The molecule has 1 aliphatic rings. The molecule has 134 valence electrons. The van der Waals surface area contributed by atoms with Crippen molar-refractivity contribution in [1.82, 2.24) is 9.21 Å². The fourth-order valence-electron chi connectivity index (χ4n) is 3.30. The second kappa shape index (κ2) is 7.28. The highest BCUT2D eigenvalue weighted by Crippen LogP contribution is 2.31. The Labute approximate surface area is 151 Å². The van der Waals surface area contributed by atoms with Crippen molar-refractivity contribution in [2.24, 2.45) is 0 Å². The molecule has 1 fully saturated rings. The summed E-state index contributed by atoms with van der Waals surface area (Å²) in [7, 11) is -1.48. The van der Waals surface area contributed by atoms with Crippen molar-refractivity contribution in [3.63, 3.8) is 0 Å². The number of rotatable bonds is 4. The van der Waals surface area contributed by atoms with Gasteiger partial charge < -0.3 is 4.90 Å². The van der Waals surface area contributed by atoms with Crippen molar-refractivity contribution >= 4 is 10.0 Å². The van der Waals surface area contributed by atoms with Crippen molar-refractivity contribution in [3.05, 3.63) is 65.7 Å². The molecule has 5 heteroatoms. The molecule has 0 aromatic heterocycles. The molecule has 4 nitrogen and oxygen atoms in total. The Bertz CT molecular complexity index is 801. The highest BCUT2D eigenvalue weighted by Gasteiger charge is 2.35. The fourth-order valence-corrected chi connectivity index (χ4v) is 4.89. The number of benzene rings is 2. The van der Waals surface area contributed by atoms with Gasteiger partial charge in [-0.25, -0.2) is 8.42 Å². The van der Waals surface area contributed by atoms with Crippen LogP contribution in [0.5, 0.6) is 0 Å². The lowest BCUT2D eigenvalue weighted by Crippen LogP contribution is -2.49. The van der Waals surface area contributed by atoms with Crippen LogP contribution in [0.1, 0.15) is 36.9 Å². The van der Waals surface area contributed by atoms with Gasteiger partial charge in [-0.15, -0.1) is 0 Å². The summed E-state index contributed by atoms with van der Waals surface area (Å²) < 4.78 is 28.2. The smallest absolute Gasteiger partial charge is 0.243 e. The van der Waals surface area contributed by atoms with Crippen molar-refractivity contribution < 1.29 is 8.42 Å². The minimum atomic E-state index is -3.52. The number of likely N-dealkylation sites (N-methyl/N-ethyl adjacent to an activating group) is 1. The molecule has 25 heavy (non-hydrogen) atoms. The molecule has 2 aromatic rings. The van der Waals surface area contributed by atoms with E-state index >= 15 is 0 Å². The molecule has 0 saturated carbocycles. The lowest BCUT2D eigenvalue weighted by Gasteiger charge is -2.39. The molecule has 0 amide bonds. The van der Waals surface area contributed by atoms with Crippen LogP contribution in [0.3, 0.4) is 0 Å². The third kappa shape index (κ3) is 3.78. The van der Waals surface area contributed by atoms with Crippen LogP contribution < -0.4 is 0 Å². The fraction of sp³-hybridized carbons (Fsp3) is 0.400. The molecule has 0 N–H and O–H groups in total. The Balaban J connectivity index is 1.96. The van der Waals surface area contributed by atoms with E-state index < -0.39 is 10.0 Å². The highest BCUT2D eigenvalue weighted by molar-refractivity contribution is 7.89. The first-order valence-corrected chi connectivity index (χ1v) is 10.2. The average molecular weight is 359 g/mol. The second-order valence-electron chi connectivity index (χ2n) is 7.03. The number of sulfonamides is 1. The van der Waals surface area contributed by atoms with Crippen LogP contribution >= 0.6 is 0 Å². The first-order chi connectivity index (χ1) is 11.9. The van der Waals surface area contributed by atoms with Crippen molar-refractivity contribution in [2.45, 2.75) is 30.7 Å². The van der Waals surface area contributed by atoms with Gasteiger partial charge >= 0.3 is 0 Å². The highest BCUT2D eigenvalue weighted by atomic mass is 32.2. The van der Waals surface area contributed by atoms with E-state index in [1.54, 1.807) is 16.4 Å². The summed E-state index contributed by atoms with van der Waals surface area (Å²) >= 11 is 0. The van der Waals surface area contributed by atoms with Crippen LogP contribution in [0, 0.1) is 0 Å². The maximum absolute atomic E-state index is 13.3. The minimum absolute atomic E-state index is 0.158. The van der Waals surface area contributed by atoms with E-state index in [4.69, 9.17) is 0 Å². The molecule has 0 spiro atoms.